The number of rotatable bonds is 7. The Bertz CT molecular complexity index is 869. The van der Waals surface area contributed by atoms with E-state index >= 15 is 0 Å². The van der Waals surface area contributed by atoms with E-state index in [0.29, 0.717) is 17.0 Å². The summed E-state index contributed by atoms with van der Waals surface area (Å²) in [6.07, 6.45) is 1.40. The van der Waals surface area contributed by atoms with Crippen LogP contribution in [0.4, 0.5) is 5.69 Å². The van der Waals surface area contributed by atoms with E-state index in [-0.39, 0.29) is 11.3 Å². The molecule has 2 rings (SSSR count). The second-order valence-corrected chi connectivity index (χ2v) is 5.08. The fraction of sp³-hybridized carbons (Fsp3) is 0.105. The Morgan fingerprint density at radius 2 is 1.92 bits per heavy atom. The number of hydrogen-bond donors (Lipinski definition) is 2. The zero-order chi connectivity index (χ0) is 18.9. The molecule has 7 nitrogen and oxygen atoms in total. The average molecular weight is 352 g/mol. The number of carbonyl (C=O) groups is 2. The smallest absolute Gasteiger partial charge is 0.341 e. The minimum Gasteiger partial charge on any atom is -0.493 e. The van der Waals surface area contributed by atoms with Gasteiger partial charge in [0.2, 0.25) is 0 Å². The van der Waals surface area contributed by atoms with Gasteiger partial charge in [-0.3, -0.25) is 4.79 Å². The maximum Gasteiger partial charge on any atom is 0.341 e. The molecule has 2 aromatic rings. The van der Waals surface area contributed by atoms with Crippen LogP contribution >= 0.6 is 0 Å². The van der Waals surface area contributed by atoms with Gasteiger partial charge in [0.05, 0.1) is 7.11 Å². The molecule has 0 fully saturated rings. The molecule has 2 N–H and O–H groups in total. The van der Waals surface area contributed by atoms with Gasteiger partial charge in [0, 0.05) is 5.69 Å². The van der Waals surface area contributed by atoms with Gasteiger partial charge in [-0.05, 0) is 35.9 Å². The first-order valence-corrected chi connectivity index (χ1v) is 7.54. The zero-order valence-corrected chi connectivity index (χ0v) is 13.9. The monoisotopic (exact) mass is 352 g/mol. The van der Waals surface area contributed by atoms with Crippen molar-refractivity contribution < 1.29 is 24.2 Å². The number of aliphatic carboxylic acids is 1. The predicted octanol–water partition coefficient (Wildman–Crippen LogP) is 2.70. The minimum absolute atomic E-state index is 0.0879. The predicted molar refractivity (Wildman–Crippen MR) is 94.8 cm³/mol. The summed E-state index contributed by atoms with van der Waals surface area (Å²) in [5.41, 5.74) is 1.02. The first-order valence-electron chi connectivity index (χ1n) is 7.54. The lowest BCUT2D eigenvalue weighted by atomic mass is 10.1. The second-order valence-electron chi connectivity index (χ2n) is 5.08. The van der Waals surface area contributed by atoms with Gasteiger partial charge in [-0.25, -0.2) is 4.79 Å². The number of nitriles is 1. The number of ether oxygens (including phenoxy) is 2. The van der Waals surface area contributed by atoms with Gasteiger partial charge in [-0.15, -0.1) is 0 Å². The summed E-state index contributed by atoms with van der Waals surface area (Å²) in [4.78, 5) is 22.8. The molecule has 0 saturated carbocycles. The van der Waals surface area contributed by atoms with Crippen LogP contribution in [0.1, 0.15) is 5.56 Å². The van der Waals surface area contributed by atoms with E-state index in [1.165, 1.54) is 19.3 Å². The summed E-state index contributed by atoms with van der Waals surface area (Å²) in [6.45, 7) is -0.505. The van der Waals surface area contributed by atoms with E-state index in [9.17, 15) is 14.9 Å². The van der Waals surface area contributed by atoms with Crippen molar-refractivity contribution in [3.05, 3.63) is 59.7 Å². The number of para-hydroxylation sites is 1. The molecular weight excluding hydrogens is 336 g/mol. The standard InChI is InChI=1S/C19H16N2O5/c1-25-17-10-13(7-8-16(17)26-12-18(22)23)9-14(11-20)19(24)21-15-5-3-2-4-6-15/h2-10H,12H2,1H3,(H,21,24)(H,22,23). The Morgan fingerprint density at radius 3 is 2.54 bits per heavy atom. The Labute approximate surface area is 150 Å². The molecule has 1 amide bonds. The Kier molecular flexibility index (Phi) is 6.34. The molecule has 0 saturated heterocycles. The molecule has 0 radical (unpaired) electrons. The Balaban J connectivity index is 2.21. The molecule has 2 aromatic carbocycles. The lowest BCUT2D eigenvalue weighted by molar-refractivity contribution is -0.139. The zero-order valence-electron chi connectivity index (χ0n) is 13.9. The number of nitrogens with zero attached hydrogens (tertiary/aromatic N) is 1. The summed E-state index contributed by atoms with van der Waals surface area (Å²) >= 11 is 0. The number of carboxylic acids is 1. The molecule has 0 bridgehead atoms. The minimum atomic E-state index is -1.11. The molecule has 0 aliphatic rings. The quantitative estimate of drug-likeness (QED) is 0.586. The van der Waals surface area contributed by atoms with Crippen molar-refractivity contribution in [1.82, 2.24) is 0 Å². The van der Waals surface area contributed by atoms with Gasteiger partial charge >= 0.3 is 5.97 Å². The number of hydrogen-bond acceptors (Lipinski definition) is 5. The van der Waals surface area contributed by atoms with Crippen LogP contribution in [-0.2, 0) is 9.59 Å². The van der Waals surface area contributed by atoms with Crippen LogP contribution in [0.3, 0.4) is 0 Å². The SMILES string of the molecule is COc1cc(C=C(C#N)C(=O)Nc2ccccc2)ccc1OCC(=O)O. The number of benzene rings is 2. The van der Waals surface area contributed by atoms with Crippen LogP contribution in [0, 0.1) is 11.3 Å². The van der Waals surface area contributed by atoms with E-state index in [2.05, 4.69) is 5.32 Å². The summed E-state index contributed by atoms with van der Waals surface area (Å²) in [5.74, 6) is -1.11. The molecule has 132 valence electrons. The normalized spacial score (nSPS) is 10.5. The molecule has 0 heterocycles. The van der Waals surface area contributed by atoms with Gasteiger partial charge in [0.15, 0.2) is 18.1 Å². The maximum absolute atomic E-state index is 12.2. The summed E-state index contributed by atoms with van der Waals surface area (Å²) in [7, 11) is 1.41. The van der Waals surface area contributed by atoms with Crippen molar-refractivity contribution in [3.8, 4) is 17.6 Å². The number of carbonyl (C=O) groups excluding carboxylic acids is 1. The lowest BCUT2D eigenvalue weighted by Crippen LogP contribution is -2.13. The molecule has 0 unspecified atom stereocenters. The third-order valence-corrected chi connectivity index (χ3v) is 3.25. The third-order valence-electron chi connectivity index (χ3n) is 3.25. The van der Waals surface area contributed by atoms with Gasteiger partial charge in [0.1, 0.15) is 11.6 Å². The van der Waals surface area contributed by atoms with Crippen LogP contribution in [0.5, 0.6) is 11.5 Å². The van der Waals surface area contributed by atoms with Crippen LogP contribution in [0.2, 0.25) is 0 Å². The number of amides is 1. The van der Waals surface area contributed by atoms with Gasteiger partial charge in [0.25, 0.3) is 5.91 Å². The van der Waals surface area contributed by atoms with Crippen molar-refractivity contribution in [2.24, 2.45) is 0 Å². The highest BCUT2D eigenvalue weighted by Gasteiger charge is 2.11. The van der Waals surface area contributed by atoms with Gasteiger partial charge < -0.3 is 19.9 Å². The molecule has 0 aromatic heterocycles. The highest BCUT2D eigenvalue weighted by molar-refractivity contribution is 6.09. The van der Waals surface area contributed by atoms with Crippen molar-refractivity contribution in [1.29, 1.82) is 5.26 Å². The molecule has 0 spiro atoms. The highest BCUT2D eigenvalue weighted by Crippen LogP contribution is 2.29. The van der Waals surface area contributed by atoms with E-state index in [4.69, 9.17) is 14.6 Å². The fourth-order valence-electron chi connectivity index (χ4n) is 2.07. The van der Waals surface area contributed by atoms with Crippen LogP contribution < -0.4 is 14.8 Å². The summed E-state index contributed by atoms with van der Waals surface area (Å²) in [6, 6.07) is 15.3. The Hall–Kier alpha value is -3.79. The largest absolute Gasteiger partial charge is 0.493 e. The van der Waals surface area contributed by atoms with Crippen molar-refractivity contribution in [2.75, 3.05) is 19.0 Å². The molecule has 26 heavy (non-hydrogen) atoms. The second kappa shape index (κ2) is 8.89. The topological polar surface area (TPSA) is 109 Å². The van der Waals surface area contributed by atoms with Crippen molar-refractivity contribution in [3.63, 3.8) is 0 Å². The number of nitrogens with one attached hydrogen (secondary N) is 1. The van der Waals surface area contributed by atoms with E-state index < -0.39 is 18.5 Å². The highest BCUT2D eigenvalue weighted by atomic mass is 16.5. The number of methoxy groups -OCH3 is 1. The Morgan fingerprint density at radius 1 is 1.19 bits per heavy atom. The van der Waals surface area contributed by atoms with Crippen molar-refractivity contribution in [2.45, 2.75) is 0 Å². The van der Waals surface area contributed by atoms with E-state index in [1.54, 1.807) is 36.4 Å². The third kappa shape index (κ3) is 5.11. The van der Waals surface area contributed by atoms with Crippen LogP contribution in [-0.4, -0.2) is 30.7 Å². The maximum atomic E-state index is 12.2. The molecule has 0 aliphatic carbocycles. The first-order chi connectivity index (χ1) is 12.5. The number of carboxylic acid groups (broad SMARTS) is 1. The molecule has 7 heteroatoms. The lowest BCUT2D eigenvalue weighted by Gasteiger charge is -2.10. The van der Waals surface area contributed by atoms with Crippen LogP contribution in [0.25, 0.3) is 6.08 Å². The fourth-order valence-corrected chi connectivity index (χ4v) is 2.07. The summed E-state index contributed by atoms with van der Waals surface area (Å²) < 4.78 is 10.3. The first kappa shape index (κ1) is 18.5. The van der Waals surface area contributed by atoms with E-state index in [0.717, 1.165) is 0 Å². The van der Waals surface area contributed by atoms with Crippen LogP contribution in [0.15, 0.2) is 54.1 Å². The molecular formula is C19H16N2O5. The van der Waals surface area contributed by atoms with E-state index in [1.807, 2.05) is 12.1 Å². The van der Waals surface area contributed by atoms with Gasteiger partial charge in [-0.1, -0.05) is 24.3 Å². The molecule has 0 atom stereocenters. The van der Waals surface area contributed by atoms with Gasteiger partial charge in [-0.2, -0.15) is 5.26 Å². The molecule has 0 aliphatic heterocycles. The average Bonchev–Trinajstić information content (AvgIpc) is 2.65. The number of anilines is 1. The van der Waals surface area contributed by atoms with Crippen molar-refractivity contribution >= 4 is 23.6 Å². The summed E-state index contributed by atoms with van der Waals surface area (Å²) in [5, 5.41) is 20.6.